The largest absolute Gasteiger partial charge is 0.505 e. The number of benzene rings is 2. The summed E-state index contributed by atoms with van der Waals surface area (Å²) >= 11 is 21.9. The zero-order chi connectivity index (χ0) is 13.7. The second-order valence-corrected chi connectivity index (χ2v) is 4.77. The third-order valence-corrected chi connectivity index (χ3v) is 3.10. The summed E-state index contributed by atoms with van der Waals surface area (Å²) in [4.78, 5) is 0. The highest BCUT2D eigenvalue weighted by molar-refractivity contribution is 6.37. The molecule has 96 valence electrons. The van der Waals surface area contributed by atoms with Crippen LogP contribution in [-0.4, -0.2) is 10.2 Å². The van der Waals surface area contributed by atoms with Crippen LogP contribution in [0.4, 0.5) is 0 Å². The fourth-order valence-electron chi connectivity index (χ4n) is 0.978. The summed E-state index contributed by atoms with van der Waals surface area (Å²) in [5.41, 5.74) is 0. The highest BCUT2D eigenvalue weighted by Crippen LogP contribution is 2.30. The van der Waals surface area contributed by atoms with Crippen molar-refractivity contribution in [3.8, 4) is 11.5 Å². The SMILES string of the molecule is Oc1c(Cl)cccc1Cl.Oc1c(Cl)cccc1Cl. The van der Waals surface area contributed by atoms with Crippen molar-refractivity contribution < 1.29 is 10.2 Å². The Morgan fingerprint density at radius 3 is 0.944 bits per heavy atom. The Balaban J connectivity index is 0.000000180. The molecule has 0 aliphatic rings. The van der Waals surface area contributed by atoms with E-state index >= 15 is 0 Å². The summed E-state index contributed by atoms with van der Waals surface area (Å²) in [5.74, 6) is -0.110. The zero-order valence-corrected chi connectivity index (χ0v) is 11.9. The number of phenols is 2. The molecule has 2 N–H and O–H groups in total. The normalized spacial score (nSPS) is 9.56. The van der Waals surface area contributed by atoms with Gasteiger partial charge in [0.15, 0.2) is 11.5 Å². The summed E-state index contributed by atoms with van der Waals surface area (Å²) < 4.78 is 0. The Morgan fingerprint density at radius 1 is 0.556 bits per heavy atom. The van der Waals surface area contributed by atoms with Crippen LogP contribution in [0.25, 0.3) is 0 Å². The molecule has 2 rings (SSSR count). The number of halogens is 4. The van der Waals surface area contributed by atoms with E-state index in [1.165, 1.54) is 0 Å². The molecule has 0 bridgehead atoms. The molecule has 0 amide bonds. The van der Waals surface area contributed by atoms with Gasteiger partial charge in [-0.2, -0.15) is 0 Å². The molecule has 0 aromatic heterocycles. The van der Waals surface area contributed by atoms with Gasteiger partial charge in [0.05, 0.1) is 20.1 Å². The highest BCUT2D eigenvalue weighted by atomic mass is 35.5. The molecule has 2 aromatic rings. The molecular weight excluding hydrogens is 318 g/mol. The molecular formula is C12H8Cl4O2. The van der Waals surface area contributed by atoms with Gasteiger partial charge in [0.2, 0.25) is 0 Å². The van der Waals surface area contributed by atoms with Gasteiger partial charge < -0.3 is 10.2 Å². The first kappa shape index (κ1) is 15.3. The van der Waals surface area contributed by atoms with E-state index < -0.39 is 0 Å². The maximum atomic E-state index is 8.94. The lowest BCUT2D eigenvalue weighted by Gasteiger charge is -1.95. The molecule has 0 saturated carbocycles. The fraction of sp³-hybridized carbons (Fsp3) is 0. The van der Waals surface area contributed by atoms with Crippen LogP contribution in [0.2, 0.25) is 20.1 Å². The fourth-order valence-corrected chi connectivity index (χ4v) is 1.77. The van der Waals surface area contributed by atoms with Gasteiger partial charge in [-0.15, -0.1) is 0 Å². The van der Waals surface area contributed by atoms with Crippen LogP contribution in [0.1, 0.15) is 0 Å². The van der Waals surface area contributed by atoms with E-state index in [2.05, 4.69) is 0 Å². The number of hydrogen-bond donors (Lipinski definition) is 2. The van der Waals surface area contributed by atoms with E-state index in [9.17, 15) is 0 Å². The molecule has 0 heterocycles. The summed E-state index contributed by atoms with van der Waals surface area (Å²) in [6, 6.07) is 9.63. The third-order valence-electron chi connectivity index (χ3n) is 1.88. The van der Waals surface area contributed by atoms with Crippen LogP contribution in [0.3, 0.4) is 0 Å². The molecule has 0 fully saturated rings. The number of phenolic OH excluding ortho intramolecular Hbond substituents is 2. The van der Waals surface area contributed by atoms with E-state index in [1.807, 2.05) is 0 Å². The first-order chi connectivity index (χ1) is 8.43. The Bertz CT molecular complexity index is 454. The molecule has 0 spiro atoms. The van der Waals surface area contributed by atoms with E-state index in [-0.39, 0.29) is 31.6 Å². The second-order valence-electron chi connectivity index (χ2n) is 3.14. The number of para-hydroxylation sites is 2. The lowest BCUT2D eigenvalue weighted by Crippen LogP contribution is -1.67. The monoisotopic (exact) mass is 324 g/mol. The van der Waals surface area contributed by atoms with Gasteiger partial charge >= 0.3 is 0 Å². The Morgan fingerprint density at radius 2 is 0.778 bits per heavy atom. The van der Waals surface area contributed by atoms with Crippen LogP contribution >= 0.6 is 46.4 Å². The zero-order valence-electron chi connectivity index (χ0n) is 8.87. The third kappa shape index (κ3) is 4.14. The Labute approximate surface area is 124 Å². The van der Waals surface area contributed by atoms with E-state index in [0.29, 0.717) is 0 Å². The molecule has 0 radical (unpaired) electrons. The van der Waals surface area contributed by atoms with E-state index in [0.717, 1.165) is 0 Å². The highest BCUT2D eigenvalue weighted by Gasteiger charge is 2.00. The van der Waals surface area contributed by atoms with Gasteiger partial charge in [-0.1, -0.05) is 58.5 Å². The maximum Gasteiger partial charge on any atom is 0.152 e. The summed E-state index contributed by atoms with van der Waals surface area (Å²) in [6.07, 6.45) is 0. The first-order valence-electron chi connectivity index (χ1n) is 4.69. The molecule has 2 nitrogen and oxygen atoms in total. The summed E-state index contributed by atoms with van der Waals surface area (Å²) in [6.45, 7) is 0. The van der Waals surface area contributed by atoms with E-state index in [4.69, 9.17) is 56.6 Å². The predicted octanol–water partition coefficient (Wildman–Crippen LogP) is 5.40. The van der Waals surface area contributed by atoms with Gasteiger partial charge in [-0.25, -0.2) is 0 Å². The quantitative estimate of drug-likeness (QED) is 0.681. The van der Waals surface area contributed by atoms with Crippen molar-refractivity contribution in [2.45, 2.75) is 0 Å². The van der Waals surface area contributed by atoms with Crippen molar-refractivity contribution in [2.75, 3.05) is 0 Å². The van der Waals surface area contributed by atoms with Gasteiger partial charge in [0, 0.05) is 0 Å². The Hall–Kier alpha value is -0.800. The van der Waals surface area contributed by atoms with Crippen LogP contribution in [0, 0.1) is 0 Å². The van der Waals surface area contributed by atoms with Crippen LogP contribution in [-0.2, 0) is 0 Å². The van der Waals surface area contributed by atoms with Crippen molar-refractivity contribution in [2.24, 2.45) is 0 Å². The lowest BCUT2D eigenvalue weighted by molar-refractivity contribution is 0.475. The van der Waals surface area contributed by atoms with Crippen LogP contribution < -0.4 is 0 Å². The molecule has 0 saturated heterocycles. The van der Waals surface area contributed by atoms with Crippen molar-refractivity contribution in [3.05, 3.63) is 56.5 Å². The van der Waals surface area contributed by atoms with E-state index in [1.54, 1.807) is 36.4 Å². The lowest BCUT2D eigenvalue weighted by atomic mass is 10.3. The van der Waals surface area contributed by atoms with Crippen molar-refractivity contribution in [1.29, 1.82) is 0 Å². The van der Waals surface area contributed by atoms with Gasteiger partial charge in [-0.05, 0) is 24.3 Å². The van der Waals surface area contributed by atoms with Crippen molar-refractivity contribution >= 4 is 46.4 Å². The van der Waals surface area contributed by atoms with Gasteiger partial charge in [0.25, 0.3) is 0 Å². The van der Waals surface area contributed by atoms with Crippen LogP contribution in [0.5, 0.6) is 11.5 Å². The van der Waals surface area contributed by atoms with Crippen molar-refractivity contribution in [3.63, 3.8) is 0 Å². The topological polar surface area (TPSA) is 40.5 Å². The standard InChI is InChI=1S/2C6H4Cl2O/c2*7-4-2-1-3-5(8)6(4)9/h2*1-3,9H. The van der Waals surface area contributed by atoms with Crippen LogP contribution in [0.15, 0.2) is 36.4 Å². The summed E-state index contributed by atoms with van der Waals surface area (Å²) in [5, 5.41) is 19.0. The van der Waals surface area contributed by atoms with Gasteiger partial charge in [-0.3, -0.25) is 0 Å². The Kier molecular flexibility index (Phi) is 5.89. The minimum atomic E-state index is -0.0548. The number of hydrogen-bond acceptors (Lipinski definition) is 2. The first-order valence-corrected chi connectivity index (χ1v) is 6.20. The van der Waals surface area contributed by atoms with Crippen molar-refractivity contribution in [1.82, 2.24) is 0 Å². The molecule has 0 aliphatic heterocycles. The average Bonchev–Trinajstić information content (AvgIpc) is 2.34. The minimum absolute atomic E-state index is 0.0548. The smallest absolute Gasteiger partial charge is 0.152 e. The average molecular weight is 326 g/mol. The maximum absolute atomic E-state index is 8.94. The molecule has 0 unspecified atom stereocenters. The number of aromatic hydroxyl groups is 2. The molecule has 18 heavy (non-hydrogen) atoms. The minimum Gasteiger partial charge on any atom is -0.505 e. The molecule has 6 heteroatoms. The summed E-state index contributed by atoms with van der Waals surface area (Å²) in [7, 11) is 0. The second kappa shape index (κ2) is 6.95. The predicted molar refractivity (Wildman–Crippen MR) is 76.3 cm³/mol. The number of rotatable bonds is 0. The van der Waals surface area contributed by atoms with Gasteiger partial charge in [0.1, 0.15) is 0 Å². The molecule has 0 atom stereocenters. The molecule has 0 aliphatic carbocycles. The molecule has 2 aromatic carbocycles.